The highest BCUT2D eigenvalue weighted by atomic mass is 32.2. The molecule has 2 aromatic rings. The van der Waals surface area contributed by atoms with E-state index >= 15 is 0 Å². The smallest absolute Gasteiger partial charge is 0.261 e. The Labute approximate surface area is 126 Å². The van der Waals surface area contributed by atoms with Gasteiger partial charge in [0.15, 0.2) is 0 Å². The van der Waals surface area contributed by atoms with Crippen LogP contribution in [0.1, 0.15) is 16.7 Å². The van der Waals surface area contributed by atoms with Crippen molar-refractivity contribution in [1.82, 2.24) is 0 Å². The van der Waals surface area contributed by atoms with Crippen LogP contribution in [0.15, 0.2) is 47.4 Å². The first kappa shape index (κ1) is 15.5. The van der Waals surface area contributed by atoms with Crippen LogP contribution < -0.4 is 10.5 Å². The maximum atomic E-state index is 12.3. The van der Waals surface area contributed by atoms with Crippen LogP contribution in [0, 0.1) is 13.8 Å². The fraction of sp³-hybridized carbons (Fsp3) is 0.250. The second kappa shape index (κ2) is 6.28. The van der Waals surface area contributed by atoms with Gasteiger partial charge in [0.1, 0.15) is 0 Å². The van der Waals surface area contributed by atoms with Crippen molar-refractivity contribution in [2.75, 3.05) is 11.3 Å². The molecule has 0 saturated carbocycles. The maximum Gasteiger partial charge on any atom is 0.261 e. The molecule has 0 aliphatic rings. The molecule has 0 amide bonds. The summed E-state index contributed by atoms with van der Waals surface area (Å²) in [5.41, 5.74) is 9.26. The third-order valence-corrected chi connectivity index (χ3v) is 4.82. The molecule has 0 fully saturated rings. The monoisotopic (exact) mass is 304 g/mol. The Morgan fingerprint density at radius 1 is 1.00 bits per heavy atom. The SMILES string of the molecule is Cc1ccc(NS(=O)(=O)c2ccc(CCN)cc2)cc1C. The first-order chi connectivity index (χ1) is 9.92. The van der Waals surface area contributed by atoms with Crippen LogP contribution in [-0.4, -0.2) is 15.0 Å². The number of nitrogens with one attached hydrogen (secondary N) is 1. The average molecular weight is 304 g/mol. The summed E-state index contributed by atoms with van der Waals surface area (Å²) in [6.45, 7) is 4.49. The molecule has 21 heavy (non-hydrogen) atoms. The van der Waals surface area contributed by atoms with Crippen LogP contribution in [0.4, 0.5) is 5.69 Å². The zero-order valence-electron chi connectivity index (χ0n) is 12.3. The van der Waals surface area contributed by atoms with E-state index in [4.69, 9.17) is 5.73 Å². The predicted octanol–water partition coefficient (Wildman–Crippen LogP) is 2.61. The molecule has 0 spiro atoms. The van der Waals surface area contributed by atoms with E-state index in [0.717, 1.165) is 23.1 Å². The fourth-order valence-corrected chi connectivity index (χ4v) is 3.07. The number of hydrogen-bond donors (Lipinski definition) is 2. The first-order valence-corrected chi connectivity index (χ1v) is 8.30. The average Bonchev–Trinajstić information content (AvgIpc) is 2.44. The lowest BCUT2D eigenvalue weighted by molar-refractivity contribution is 0.601. The van der Waals surface area contributed by atoms with Crippen LogP contribution in [0.25, 0.3) is 0 Å². The Kier molecular flexibility index (Phi) is 4.65. The molecule has 0 bridgehead atoms. The summed E-state index contributed by atoms with van der Waals surface area (Å²) in [5.74, 6) is 0. The summed E-state index contributed by atoms with van der Waals surface area (Å²) >= 11 is 0. The highest BCUT2D eigenvalue weighted by Gasteiger charge is 2.14. The molecule has 0 aromatic heterocycles. The highest BCUT2D eigenvalue weighted by molar-refractivity contribution is 7.92. The zero-order chi connectivity index (χ0) is 15.5. The molecule has 0 atom stereocenters. The molecule has 0 heterocycles. The molecule has 5 heteroatoms. The van der Waals surface area contributed by atoms with Crippen molar-refractivity contribution >= 4 is 15.7 Å². The van der Waals surface area contributed by atoms with Crippen molar-refractivity contribution in [1.29, 1.82) is 0 Å². The normalized spacial score (nSPS) is 11.4. The number of aryl methyl sites for hydroxylation is 2. The van der Waals surface area contributed by atoms with Crippen molar-refractivity contribution in [2.45, 2.75) is 25.2 Å². The zero-order valence-corrected chi connectivity index (χ0v) is 13.1. The van der Waals surface area contributed by atoms with Gasteiger partial charge in [0, 0.05) is 5.69 Å². The third-order valence-electron chi connectivity index (χ3n) is 3.43. The Bertz CT molecular complexity index is 722. The number of nitrogens with two attached hydrogens (primary N) is 1. The van der Waals surface area contributed by atoms with Crippen LogP contribution in [0.5, 0.6) is 0 Å². The van der Waals surface area contributed by atoms with Crippen LogP contribution in [-0.2, 0) is 16.4 Å². The van der Waals surface area contributed by atoms with E-state index in [9.17, 15) is 8.42 Å². The van der Waals surface area contributed by atoms with Crippen LogP contribution in [0.3, 0.4) is 0 Å². The third kappa shape index (κ3) is 3.83. The van der Waals surface area contributed by atoms with Crippen molar-refractivity contribution in [3.05, 3.63) is 59.2 Å². The summed E-state index contributed by atoms with van der Waals surface area (Å²) in [7, 11) is -3.56. The molecular formula is C16H20N2O2S. The second-order valence-corrected chi connectivity index (χ2v) is 6.77. The number of anilines is 1. The molecule has 0 aliphatic heterocycles. The van der Waals surface area contributed by atoms with E-state index in [1.807, 2.05) is 26.0 Å². The van der Waals surface area contributed by atoms with Crippen molar-refractivity contribution in [3.63, 3.8) is 0 Å². The number of benzene rings is 2. The Morgan fingerprint density at radius 3 is 2.24 bits per heavy atom. The van der Waals surface area contributed by atoms with Gasteiger partial charge in [0.25, 0.3) is 10.0 Å². The summed E-state index contributed by atoms with van der Waals surface area (Å²) < 4.78 is 27.3. The lowest BCUT2D eigenvalue weighted by Gasteiger charge is -2.10. The van der Waals surface area contributed by atoms with Crippen molar-refractivity contribution in [2.24, 2.45) is 5.73 Å². The minimum absolute atomic E-state index is 0.251. The molecule has 4 nitrogen and oxygen atoms in total. The maximum absolute atomic E-state index is 12.3. The van der Waals surface area contributed by atoms with E-state index in [1.165, 1.54) is 0 Å². The Balaban J connectivity index is 2.23. The highest BCUT2D eigenvalue weighted by Crippen LogP contribution is 2.19. The molecule has 3 N–H and O–H groups in total. The van der Waals surface area contributed by atoms with Gasteiger partial charge in [-0.25, -0.2) is 8.42 Å². The molecular weight excluding hydrogens is 284 g/mol. The van der Waals surface area contributed by atoms with Gasteiger partial charge in [-0.3, -0.25) is 4.72 Å². The number of hydrogen-bond acceptors (Lipinski definition) is 3. The minimum atomic E-state index is -3.56. The molecule has 2 aromatic carbocycles. The Morgan fingerprint density at radius 2 is 1.67 bits per heavy atom. The van der Waals surface area contributed by atoms with E-state index in [0.29, 0.717) is 12.2 Å². The lowest BCUT2D eigenvalue weighted by Crippen LogP contribution is -2.13. The summed E-state index contributed by atoms with van der Waals surface area (Å²) in [5, 5.41) is 0. The van der Waals surface area contributed by atoms with E-state index < -0.39 is 10.0 Å². The van der Waals surface area contributed by atoms with Gasteiger partial charge < -0.3 is 5.73 Å². The van der Waals surface area contributed by atoms with Gasteiger partial charge in [-0.15, -0.1) is 0 Å². The van der Waals surface area contributed by atoms with E-state index in [1.54, 1.807) is 30.3 Å². The minimum Gasteiger partial charge on any atom is -0.330 e. The quantitative estimate of drug-likeness (QED) is 0.892. The Hall–Kier alpha value is -1.85. The van der Waals surface area contributed by atoms with Crippen LogP contribution in [0.2, 0.25) is 0 Å². The van der Waals surface area contributed by atoms with E-state index in [2.05, 4.69) is 4.72 Å². The second-order valence-electron chi connectivity index (χ2n) is 5.09. The summed E-state index contributed by atoms with van der Waals surface area (Å²) in [6, 6.07) is 12.3. The van der Waals surface area contributed by atoms with Gasteiger partial charge in [0.05, 0.1) is 4.90 Å². The standard InChI is InChI=1S/C16H20N2O2S/c1-12-3-6-15(11-13(12)2)18-21(19,20)16-7-4-14(5-8-16)9-10-17/h3-8,11,18H,9-10,17H2,1-2H3. The fourth-order valence-electron chi connectivity index (χ4n) is 2.02. The number of sulfonamides is 1. The van der Waals surface area contributed by atoms with Gasteiger partial charge in [-0.2, -0.15) is 0 Å². The number of rotatable bonds is 5. The van der Waals surface area contributed by atoms with Crippen LogP contribution >= 0.6 is 0 Å². The van der Waals surface area contributed by atoms with Gasteiger partial charge in [-0.05, 0) is 67.8 Å². The van der Waals surface area contributed by atoms with Gasteiger partial charge in [-0.1, -0.05) is 18.2 Å². The molecule has 0 saturated heterocycles. The first-order valence-electron chi connectivity index (χ1n) is 6.81. The largest absolute Gasteiger partial charge is 0.330 e. The molecule has 0 radical (unpaired) electrons. The summed E-state index contributed by atoms with van der Waals surface area (Å²) in [4.78, 5) is 0.251. The predicted molar refractivity (Wildman–Crippen MR) is 85.9 cm³/mol. The molecule has 0 unspecified atom stereocenters. The van der Waals surface area contributed by atoms with Gasteiger partial charge >= 0.3 is 0 Å². The van der Waals surface area contributed by atoms with Crippen molar-refractivity contribution in [3.8, 4) is 0 Å². The summed E-state index contributed by atoms with van der Waals surface area (Å²) in [6.07, 6.45) is 0.741. The topological polar surface area (TPSA) is 72.2 Å². The molecule has 112 valence electrons. The van der Waals surface area contributed by atoms with Gasteiger partial charge in [0.2, 0.25) is 0 Å². The molecule has 0 aliphatic carbocycles. The van der Waals surface area contributed by atoms with Crippen molar-refractivity contribution < 1.29 is 8.42 Å². The van der Waals surface area contributed by atoms with E-state index in [-0.39, 0.29) is 4.90 Å². The molecule has 2 rings (SSSR count). The lowest BCUT2D eigenvalue weighted by atomic mass is 10.1.